The Morgan fingerprint density at radius 3 is 2.50 bits per heavy atom. The van der Waals surface area contributed by atoms with E-state index in [0.29, 0.717) is 13.1 Å². The molecular formula is C16H25N3O3S2. The van der Waals surface area contributed by atoms with Crippen molar-refractivity contribution in [3.05, 3.63) is 11.1 Å². The Balaban J connectivity index is 1.47. The highest BCUT2D eigenvalue weighted by Gasteiger charge is 2.30. The van der Waals surface area contributed by atoms with Crippen molar-refractivity contribution >= 4 is 32.2 Å². The van der Waals surface area contributed by atoms with Gasteiger partial charge in [-0.2, -0.15) is 0 Å². The van der Waals surface area contributed by atoms with E-state index in [-0.39, 0.29) is 23.3 Å². The number of carbonyl (C=O) groups excluding carboxylic acids is 1. The molecule has 8 heteroatoms. The van der Waals surface area contributed by atoms with Crippen molar-refractivity contribution in [2.24, 2.45) is 0 Å². The van der Waals surface area contributed by atoms with Gasteiger partial charge in [0.05, 0.1) is 16.7 Å². The van der Waals surface area contributed by atoms with E-state index < -0.39 is 9.84 Å². The van der Waals surface area contributed by atoms with Crippen LogP contribution in [0.5, 0.6) is 0 Å². The lowest BCUT2D eigenvalue weighted by Gasteiger charge is -2.34. The Labute approximate surface area is 147 Å². The maximum atomic E-state index is 12.3. The van der Waals surface area contributed by atoms with Crippen LogP contribution in [0.15, 0.2) is 5.38 Å². The van der Waals surface area contributed by atoms with Crippen LogP contribution < -0.4 is 4.90 Å². The molecule has 2 fully saturated rings. The lowest BCUT2D eigenvalue weighted by atomic mass is 10.3. The molecule has 0 N–H and O–H groups in total. The number of hydrogen-bond acceptors (Lipinski definition) is 6. The minimum atomic E-state index is -3.11. The van der Waals surface area contributed by atoms with Crippen LogP contribution in [-0.4, -0.2) is 61.4 Å². The van der Waals surface area contributed by atoms with Gasteiger partial charge in [-0.1, -0.05) is 12.8 Å². The van der Waals surface area contributed by atoms with Crippen molar-refractivity contribution in [2.75, 3.05) is 36.8 Å². The van der Waals surface area contributed by atoms with Gasteiger partial charge in [0, 0.05) is 38.0 Å². The fraction of sp³-hybridized carbons (Fsp3) is 0.750. The average Bonchev–Trinajstić information content (AvgIpc) is 3.25. The first-order valence-corrected chi connectivity index (χ1v) is 11.2. The minimum Gasteiger partial charge on any atom is -0.345 e. The van der Waals surface area contributed by atoms with Crippen LogP contribution >= 0.6 is 11.3 Å². The second-order valence-corrected chi connectivity index (χ2v) is 9.90. The van der Waals surface area contributed by atoms with E-state index in [1.165, 1.54) is 0 Å². The highest BCUT2D eigenvalue weighted by Crippen LogP contribution is 2.26. The number of amides is 1. The molecular weight excluding hydrogens is 346 g/mol. The summed E-state index contributed by atoms with van der Waals surface area (Å²) in [5, 5.41) is 2.82. The summed E-state index contributed by atoms with van der Waals surface area (Å²) in [5.41, 5.74) is 1.02. The van der Waals surface area contributed by atoms with Crippen LogP contribution in [0, 0.1) is 6.92 Å². The predicted octanol–water partition coefficient (Wildman–Crippen LogP) is 1.85. The topological polar surface area (TPSA) is 70.6 Å². The summed E-state index contributed by atoms with van der Waals surface area (Å²) in [5.74, 6) is -0.0332. The summed E-state index contributed by atoms with van der Waals surface area (Å²) in [6.07, 6.45) is 3.64. The Hall–Kier alpha value is -1.15. The Kier molecular flexibility index (Phi) is 5.44. The number of nitrogens with zero attached hydrogens (tertiary/aromatic N) is 3. The third-order valence-electron chi connectivity index (χ3n) is 4.92. The van der Waals surface area contributed by atoms with Gasteiger partial charge in [-0.25, -0.2) is 13.4 Å². The van der Waals surface area contributed by atoms with Crippen molar-refractivity contribution in [1.29, 1.82) is 0 Å². The Bertz CT molecular complexity index is 672. The number of carbonyl (C=O) groups is 1. The molecule has 1 saturated heterocycles. The predicted molar refractivity (Wildman–Crippen MR) is 96.3 cm³/mol. The lowest BCUT2D eigenvalue weighted by molar-refractivity contribution is -0.131. The third kappa shape index (κ3) is 4.08. The molecule has 1 aliphatic heterocycles. The van der Waals surface area contributed by atoms with E-state index in [9.17, 15) is 13.2 Å². The quantitative estimate of drug-likeness (QED) is 0.790. The molecule has 0 radical (unpaired) electrons. The second kappa shape index (κ2) is 7.39. The average molecular weight is 372 g/mol. The lowest BCUT2D eigenvalue weighted by Crippen LogP contribution is -2.49. The molecule has 0 spiro atoms. The number of thiazole rings is 1. The molecule has 1 amide bonds. The molecule has 0 atom stereocenters. The molecule has 6 nitrogen and oxygen atoms in total. The summed E-state index contributed by atoms with van der Waals surface area (Å²) in [4.78, 5) is 20.8. The van der Waals surface area contributed by atoms with Gasteiger partial charge in [0.1, 0.15) is 0 Å². The first-order valence-electron chi connectivity index (χ1n) is 8.62. The zero-order chi connectivity index (χ0) is 17.2. The van der Waals surface area contributed by atoms with Gasteiger partial charge < -0.3 is 9.80 Å². The van der Waals surface area contributed by atoms with E-state index in [0.717, 1.165) is 49.6 Å². The van der Waals surface area contributed by atoms with Gasteiger partial charge in [-0.05, 0) is 19.8 Å². The fourth-order valence-corrected chi connectivity index (χ4v) is 6.14. The standard InChI is InChI=1S/C16H25N3O3S2/c1-13-12-23-16(17-13)19-9-7-18(8-10-19)15(20)6-11-24(21,22)14-4-2-3-5-14/h12,14H,2-11H2,1H3. The fourth-order valence-electron chi connectivity index (χ4n) is 3.44. The molecule has 24 heavy (non-hydrogen) atoms. The summed E-state index contributed by atoms with van der Waals surface area (Å²) >= 11 is 1.63. The smallest absolute Gasteiger partial charge is 0.223 e. The first kappa shape index (κ1) is 17.7. The molecule has 1 aromatic heterocycles. The molecule has 0 bridgehead atoms. The first-order chi connectivity index (χ1) is 11.5. The number of anilines is 1. The molecule has 1 aliphatic carbocycles. The van der Waals surface area contributed by atoms with Gasteiger partial charge in [-0.15, -0.1) is 11.3 Å². The van der Waals surface area contributed by atoms with Crippen molar-refractivity contribution in [3.63, 3.8) is 0 Å². The molecule has 2 aliphatic rings. The van der Waals surface area contributed by atoms with Crippen LogP contribution in [0.4, 0.5) is 5.13 Å². The Morgan fingerprint density at radius 2 is 1.92 bits per heavy atom. The number of sulfone groups is 1. The molecule has 134 valence electrons. The summed E-state index contributed by atoms with van der Waals surface area (Å²) in [6, 6.07) is 0. The van der Waals surface area contributed by atoms with Gasteiger partial charge in [0.25, 0.3) is 0 Å². The normalized spacial score (nSPS) is 19.9. The SMILES string of the molecule is Cc1csc(N2CCN(C(=O)CCS(=O)(=O)C3CCCC3)CC2)n1. The van der Waals surface area contributed by atoms with Crippen LogP contribution in [-0.2, 0) is 14.6 Å². The summed E-state index contributed by atoms with van der Waals surface area (Å²) < 4.78 is 24.5. The molecule has 0 unspecified atom stereocenters. The molecule has 2 heterocycles. The number of aromatic nitrogens is 1. The second-order valence-electron chi connectivity index (χ2n) is 6.66. The molecule has 1 aromatic rings. The third-order valence-corrected chi connectivity index (χ3v) is 8.20. The van der Waals surface area contributed by atoms with Crippen molar-refractivity contribution in [1.82, 2.24) is 9.88 Å². The van der Waals surface area contributed by atoms with E-state index >= 15 is 0 Å². The largest absolute Gasteiger partial charge is 0.345 e. The van der Waals surface area contributed by atoms with Crippen molar-refractivity contribution < 1.29 is 13.2 Å². The maximum absolute atomic E-state index is 12.3. The van der Waals surface area contributed by atoms with Crippen LogP contribution in [0.3, 0.4) is 0 Å². The van der Waals surface area contributed by atoms with Crippen molar-refractivity contribution in [3.8, 4) is 0 Å². The highest BCUT2D eigenvalue weighted by atomic mass is 32.2. The van der Waals surface area contributed by atoms with Crippen LogP contribution in [0.1, 0.15) is 37.8 Å². The Morgan fingerprint density at radius 1 is 1.25 bits per heavy atom. The van der Waals surface area contributed by atoms with E-state index in [1.807, 2.05) is 12.3 Å². The molecule has 3 rings (SSSR count). The van der Waals surface area contributed by atoms with Gasteiger partial charge >= 0.3 is 0 Å². The van der Waals surface area contributed by atoms with Gasteiger partial charge in [-0.3, -0.25) is 4.79 Å². The van der Waals surface area contributed by atoms with Crippen LogP contribution in [0.2, 0.25) is 0 Å². The summed E-state index contributed by atoms with van der Waals surface area (Å²) in [6.45, 7) is 4.77. The number of piperazine rings is 1. The van der Waals surface area contributed by atoms with Gasteiger partial charge in [0.15, 0.2) is 15.0 Å². The number of aryl methyl sites for hydroxylation is 1. The minimum absolute atomic E-state index is 0.00237. The van der Waals surface area contributed by atoms with Crippen LogP contribution in [0.25, 0.3) is 0 Å². The zero-order valence-corrected chi connectivity index (χ0v) is 15.7. The molecule has 0 aromatic carbocycles. The number of hydrogen-bond donors (Lipinski definition) is 0. The van der Waals surface area contributed by atoms with E-state index in [2.05, 4.69) is 9.88 Å². The summed E-state index contributed by atoms with van der Waals surface area (Å²) in [7, 11) is -3.11. The highest BCUT2D eigenvalue weighted by molar-refractivity contribution is 7.92. The number of rotatable bonds is 5. The maximum Gasteiger partial charge on any atom is 0.223 e. The van der Waals surface area contributed by atoms with Gasteiger partial charge in [0.2, 0.25) is 5.91 Å². The molecule has 1 saturated carbocycles. The monoisotopic (exact) mass is 371 g/mol. The van der Waals surface area contributed by atoms with Crippen molar-refractivity contribution in [2.45, 2.75) is 44.3 Å². The van der Waals surface area contributed by atoms with E-state index in [1.54, 1.807) is 16.2 Å². The zero-order valence-electron chi connectivity index (χ0n) is 14.1. The van der Waals surface area contributed by atoms with E-state index in [4.69, 9.17) is 0 Å².